The molecule has 2 fully saturated rings. The van der Waals surface area contributed by atoms with Gasteiger partial charge >= 0.3 is 5.97 Å². The van der Waals surface area contributed by atoms with Crippen LogP contribution in [0.3, 0.4) is 0 Å². The third kappa shape index (κ3) is 4.14. The van der Waals surface area contributed by atoms with Crippen LogP contribution in [-0.4, -0.2) is 46.1 Å². The second-order valence-electron chi connectivity index (χ2n) is 8.13. The lowest BCUT2D eigenvalue weighted by atomic mass is 9.63. The van der Waals surface area contributed by atoms with Gasteiger partial charge in [0.25, 0.3) is 0 Å². The molecular weight excluding hydrogens is 270 g/mol. The van der Waals surface area contributed by atoms with Gasteiger partial charge in [-0.2, -0.15) is 11.8 Å². The molecule has 2 aliphatic rings. The highest BCUT2D eigenvalue weighted by Gasteiger charge is 2.42. The predicted octanol–water partition coefficient (Wildman–Crippen LogP) is 3.48. The molecule has 1 aliphatic carbocycles. The Kier molecular flexibility index (Phi) is 4.75. The van der Waals surface area contributed by atoms with Gasteiger partial charge < -0.3 is 5.11 Å². The van der Waals surface area contributed by atoms with Crippen molar-refractivity contribution in [3.8, 4) is 0 Å². The zero-order chi connectivity index (χ0) is 15.0. The molecule has 0 bridgehead atoms. The zero-order valence-electron chi connectivity index (χ0n) is 13.3. The number of hydrogen-bond acceptors (Lipinski definition) is 3. The second kappa shape index (κ2) is 5.88. The number of thioether (sulfide) groups is 1. The van der Waals surface area contributed by atoms with E-state index < -0.39 is 5.97 Å². The topological polar surface area (TPSA) is 40.5 Å². The Labute approximate surface area is 127 Å². The van der Waals surface area contributed by atoms with Gasteiger partial charge in [0.15, 0.2) is 0 Å². The van der Waals surface area contributed by atoms with Crippen molar-refractivity contribution >= 4 is 17.7 Å². The summed E-state index contributed by atoms with van der Waals surface area (Å²) in [4.78, 5) is 13.6. The summed E-state index contributed by atoms with van der Waals surface area (Å²) in [6.45, 7) is 10.5. The van der Waals surface area contributed by atoms with Gasteiger partial charge in [-0.15, -0.1) is 0 Å². The molecule has 0 radical (unpaired) electrons. The molecular formula is C16H29NO2S. The van der Waals surface area contributed by atoms with E-state index in [0.717, 1.165) is 18.1 Å². The van der Waals surface area contributed by atoms with Gasteiger partial charge in [-0.25, -0.2) is 0 Å². The summed E-state index contributed by atoms with van der Waals surface area (Å²) in [5.41, 5.74) is 0.732. The quantitative estimate of drug-likeness (QED) is 0.866. The predicted molar refractivity (Wildman–Crippen MR) is 85.3 cm³/mol. The van der Waals surface area contributed by atoms with E-state index in [4.69, 9.17) is 5.11 Å². The van der Waals surface area contributed by atoms with Crippen molar-refractivity contribution in [3.05, 3.63) is 0 Å². The number of nitrogens with zero attached hydrogens (tertiary/aromatic N) is 1. The fourth-order valence-electron chi connectivity index (χ4n) is 4.55. The van der Waals surface area contributed by atoms with E-state index in [0.29, 0.717) is 23.3 Å². The van der Waals surface area contributed by atoms with Crippen LogP contribution >= 0.6 is 11.8 Å². The maximum atomic E-state index is 11.1. The Hall–Kier alpha value is -0.220. The largest absolute Gasteiger partial charge is 0.481 e. The first-order valence-corrected chi connectivity index (χ1v) is 8.89. The summed E-state index contributed by atoms with van der Waals surface area (Å²) in [5, 5.41) is 9.15. The van der Waals surface area contributed by atoms with Crippen LogP contribution in [0.5, 0.6) is 0 Å². The maximum Gasteiger partial charge on any atom is 0.304 e. The van der Waals surface area contributed by atoms with E-state index in [1.165, 1.54) is 19.3 Å². The smallest absolute Gasteiger partial charge is 0.304 e. The minimum atomic E-state index is -0.656. The van der Waals surface area contributed by atoms with Gasteiger partial charge in [0.1, 0.15) is 0 Å². The van der Waals surface area contributed by atoms with Crippen LogP contribution in [0.1, 0.15) is 53.4 Å². The zero-order valence-corrected chi connectivity index (χ0v) is 14.1. The van der Waals surface area contributed by atoms with Crippen LogP contribution in [0.15, 0.2) is 0 Å². The summed E-state index contributed by atoms with van der Waals surface area (Å²) in [6, 6.07) is 0.778. The lowest BCUT2D eigenvalue weighted by molar-refractivity contribution is -0.138. The molecule has 2 rings (SSSR count). The van der Waals surface area contributed by atoms with Gasteiger partial charge in [0, 0.05) is 30.1 Å². The van der Waals surface area contributed by atoms with E-state index in [1.807, 2.05) is 11.8 Å². The molecule has 1 saturated heterocycles. The minimum absolute atomic E-state index is 0.223. The standard InChI is InChI=1S/C16H29NO2S/c1-15(2)8-13(9-16(3,4)11-15)17-5-6-20-10-12(17)7-14(18)19/h12-13H,5-11H2,1-4H3,(H,18,19). The molecule has 1 N–H and O–H groups in total. The molecule has 20 heavy (non-hydrogen) atoms. The second-order valence-corrected chi connectivity index (χ2v) is 9.28. The fourth-order valence-corrected chi connectivity index (χ4v) is 5.64. The molecule has 4 heteroatoms. The van der Waals surface area contributed by atoms with Gasteiger partial charge in [-0.05, 0) is 30.1 Å². The Morgan fingerprint density at radius 1 is 1.25 bits per heavy atom. The van der Waals surface area contributed by atoms with Crippen molar-refractivity contribution in [2.24, 2.45) is 10.8 Å². The highest BCUT2D eigenvalue weighted by molar-refractivity contribution is 7.99. The van der Waals surface area contributed by atoms with Crippen molar-refractivity contribution in [2.75, 3.05) is 18.1 Å². The summed E-state index contributed by atoms with van der Waals surface area (Å²) >= 11 is 1.91. The van der Waals surface area contributed by atoms with E-state index in [2.05, 4.69) is 32.6 Å². The summed E-state index contributed by atoms with van der Waals surface area (Å²) in [6.07, 6.45) is 3.97. The Morgan fingerprint density at radius 2 is 1.85 bits per heavy atom. The Morgan fingerprint density at radius 3 is 2.40 bits per heavy atom. The molecule has 1 unspecified atom stereocenters. The first-order chi connectivity index (χ1) is 9.19. The molecule has 0 aromatic heterocycles. The average molecular weight is 299 g/mol. The number of carbonyl (C=O) groups is 1. The fraction of sp³-hybridized carbons (Fsp3) is 0.938. The van der Waals surface area contributed by atoms with Crippen LogP contribution in [-0.2, 0) is 4.79 Å². The van der Waals surface area contributed by atoms with E-state index >= 15 is 0 Å². The summed E-state index contributed by atoms with van der Waals surface area (Å²) in [5.74, 6) is 1.47. The van der Waals surface area contributed by atoms with Crippen LogP contribution in [0.2, 0.25) is 0 Å². The number of hydrogen-bond donors (Lipinski definition) is 1. The third-order valence-corrected chi connectivity index (χ3v) is 5.78. The Bertz CT molecular complexity index is 351. The SMILES string of the molecule is CC1(C)CC(N2CCSCC2CC(=O)O)CC(C)(C)C1. The molecule has 1 aliphatic heterocycles. The van der Waals surface area contributed by atoms with Crippen molar-refractivity contribution in [2.45, 2.75) is 65.5 Å². The van der Waals surface area contributed by atoms with Crippen molar-refractivity contribution in [3.63, 3.8) is 0 Å². The first-order valence-electron chi connectivity index (χ1n) is 7.74. The number of rotatable bonds is 3. The molecule has 0 aromatic rings. The lowest BCUT2D eigenvalue weighted by Crippen LogP contribution is -2.53. The van der Waals surface area contributed by atoms with Crippen LogP contribution < -0.4 is 0 Å². The molecule has 0 amide bonds. The van der Waals surface area contributed by atoms with Gasteiger partial charge in [0.05, 0.1) is 6.42 Å². The Balaban J connectivity index is 2.12. The number of carboxylic acid groups (broad SMARTS) is 1. The summed E-state index contributed by atoms with van der Waals surface area (Å²) in [7, 11) is 0. The van der Waals surface area contributed by atoms with Crippen LogP contribution in [0.4, 0.5) is 0 Å². The molecule has 116 valence electrons. The molecule has 0 spiro atoms. The average Bonchev–Trinajstić information content (AvgIpc) is 2.24. The van der Waals surface area contributed by atoms with Gasteiger partial charge in [-0.3, -0.25) is 9.69 Å². The van der Waals surface area contributed by atoms with Gasteiger partial charge in [0.2, 0.25) is 0 Å². The van der Waals surface area contributed by atoms with Crippen molar-refractivity contribution < 1.29 is 9.90 Å². The van der Waals surface area contributed by atoms with Crippen LogP contribution in [0, 0.1) is 10.8 Å². The normalized spacial score (nSPS) is 31.1. The van der Waals surface area contributed by atoms with E-state index in [9.17, 15) is 4.79 Å². The van der Waals surface area contributed by atoms with E-state index in [1.54, 1.807) is 0 Å². The highest BCUT2D eigenvalue weighted by Crippen LogP contribution is 2.47. The molecule has 1 atom stereocenters. The number of aliphatic carboxylic acids is 1. The first kappa shape index (κ1) is 16.2. The van der Waals surface area contributed by atoms with Gasteiger partial charge in [-0.1, -0.05) is 27.7 Å². The molecule has 1 saturated carbocycles. The molecule has 3 nitrogen and oxygen atoms in total. The lowest BCUT2D eigenvalue weighted by Gasteiger charge is -2.51. The van der Waals surface area contributed by atoms with Crippen LogP contribution in [0.25, 0.3) is 0 Å². The molecule has 0 aromatic carbocycles. The van der Waals surface area contributed by atoms with Crippen molar-refractivity contribution in [1.82, 2.24) is 4.90 Å². The minimum Gasteiger partial charge on any atom is -0.481 e. The maximum absolute atomic E-state index is 11.1. The summed E-state index contributed by atoms with van der Waals surface area (Å²) < 4.78 is 0. The number of carboxylic acids is 1. The van der Waals surface area contributed by atoms with E-state index in [-0.39, 0.29) is 6.04 Å². The third-order valence-electron chi connectivity index (χ3n) is 4.69. The monoisotopic (exact) mass is 299 g/mol. The highest BCUT2D eigenvalue weighted by atomic mass is 32.2. The molecule has 1 heterocycles. The van der Waals surface area contributed by atoms with Crippen molar-refractivity contribution in [1.29, 1.82) is 0 Å².